The number of thiazole rings is 1. The number of rotatable bonds is 5. The molecule has 3 aromatic heterocycles. The molecule has 2 N–H and O–H groups in total. The number of anilines is 1. The molecule has 0 spiro atoms. The van der Waals surface area contributed by atoms with E-state index in [1.165, 1.54) is 18.2 Å². The first-order chi connectivity index (χ1) is 20.1. The molecule has 216 valence electrons. The summed E-state index contributed by atoms with van der Waals surface area (Å²) >= 11 is 1.10. The highest BCUT2D eigenvalue weighted by Crippen LogP contribution is 2.39. The SMILES string of the molecule is CN1CCN(c2cc3c(cc2F)c(=O)c(-c2nc4s/c(=C\c5ccc(S(N)(=O)=O)cc5)c(=O)n4n2)cn3C2CC2)CC1. The second-order valence-electron chi connectivity index (χ2n) is 10.8. The van der Waals surface area contributed by atoms with Crippen molar-refractivity contribution < 1.29 is 12.8 Å². The topological polar surface area (TPSA) is 136 Å². The minimum Gasteiger partial charge on any atom is -0.367 e. The molecule has 5 aromatic rings. The lowest BCUT2D eigenvalue weighted by atomic mass is 10.1. The fourth-order valence-electron chi connectivity index (χ4n) is 5.32. The number of sulfonamides is 1. The summed E-state index contributed by atoms with van der Waals surface area (Å²) in [5.41, 5.74) is 1.17. The molecular weight excluding hydrogens is 581 g/mol. The van der Waals surface area contributed by atoms with Crippen molar-refractivity contribution in [3.63, 3.8) is 0 Å². The van der Waals surface area contributed by atoms with Crippen LogP contribution in [0.25, 0.3) is 33.3 Å². The van der Waals surface area contributed by atoms with Crippen LogP contribution >= 0.6 is 11.3 Å². The van der Waals surface area contributed by atoms with Crippen LogP contribution in [0.15, 0.2) is 57.1 Å². The predicted molar refractivity (Wildman–Crippen MR) is 159 cm³/mol. The van der Waals surface area contributed by atoms with E-state index in [0.717, 1.165) is 41.8 Å². The van der Waals surface area contributed by atoms with E-state index >= 15 is 4.39 Å². The summed E-state index contributed by atoms with van der Waals surface area (Å²) in [6.07, 6.45) is 5.24. The van der Waals surface area contributed by atoms with Crippen molar-refractivity contribution in [1.29, 1.82) is 0 Å². The average Bonchev–Trinajstić information content (AvgIpc) is 3.66. The van der Waals surface area contributed by atoms with Crippen LogP contribution < -0.4 is 25.6 Å². The van der Waals surface area contributed by atoms with Gasteiger partial charge in [0.15, 0.2) is 5.82 Å². The standard InChI is InChI=1S/C28H26FN7O4S2/c1-33-8-10-34(11-9-33)23-14-22-19(13-21(23)29)25(37)20(15-35(22)17-4-5-17)26-31-28-36(32-26)27(38)24(41-28)12-16-2-6-18(7-3-16)42(30,39)40/h2-3,6-7,12-15,17H,4-5,8-11H2,1H3,(H2,30,39,40)/b24-12-. The van der Waals surface area contributed by atoms with Crippen molar-refractivity contribution in [2.45, 2.75) is 23.8 Å². The second kappa shape index (κ2) is 9.80. The van der Waals surface area contributed by atoms with Gasteiger partial charge in [-0.05, 0) is 55.8 Å². The Hall–Kier alpha value is -3.98. The Balaban J connectivity index is 1.30. The minimum absolute atomic E-state index is 0.0306. The number of halogens is 1. The summed E-state index contributed by atoms with van der Waals surface area (Å²) in [6.45, 7) is 3.08. The Bertz CT molecular complexity index is 2160. The van der Waals surface area contributed by atoms with Crippen molar-refractivity contribution in [3.05, 3.63) is 79.1 Å². The Labute approximate surface area is 243 Å². The molecular formula is C28H26FN7O4S2. The van der Waals surface area contributed by atoms with E-state index in [9.17, 15) is 18.0 Å². The van der Waals surface area contributed by atoms with Gasteiger partial charge in [0.2, 0.25) is 20.4 Å². The number of primary sulfonamides is 1. The average molecular weight is 608 g/mol. The molecule has 0 radical (unpaired) electrons. The van der Waals surface area contributed by atoms with Crippen molar-refractivity contribution >= 4 is 49.0 Å². The van der Waals surface area contributed by atoms with Crippen molar-refractivity contribution in [2.75, 3.05) is 38.1 Å². The maximum Gasteiger partial charge on any atom is 0.291 e. The first-order valence-electron chi connectivity index (χ1n) is 13.4. The maximum absolute atomic E-state index is 15.4. The van der Waals surface area contributed by atoms with Crippen molar-refractivity contribution in [1.82, 2.24) is 24.1 Å². The molecule has 0 unspecified atom stereocenters. The van der Waals surface area contributed by atoms with E-state index in [0.29, 0.717) is 39.4 Å². The Morgan fingerprint density at radius 1 is 1.07 bits per heavy atom. The van der Waals surface area contributed by atoms with Crippen LogP contribution in [0.1, 0.15) is 24.4 Å². The molecule has 0 amide bonds. The zero-order valence-corrected chi connectivity index (χ0v) is 24.2. The van der Waals surface area contributed by atoms with Crippen LogP contribution in [0.5, 0.6) is 0 Å². The van der Waals surface area contributed by atoms with Crippen LogP contribution in [0.3, 0.4) is 0 Å². The van der Waals surface area contributed by atoms with Crippen LogP contribution in [-0.2, 0) is 10.0 Å². The molecule has 7 rings (SSSR count). The van der Waals surface area contributed by atoms with E-state index in [4.69, 9.17) is 5.14 Å². The molecule has 0 atom stereocenters. The van der Waals surface area contributed by atoms with Gasteiger partial charge in [0, 0.05) is 43.8 Å². The summed E-state index contributed by atoms with van der Waals surface area (Å²) in [5.74, 6) is -0.339. The monoisotopic (exact) mass is 607 g/mol. The number of hydrogen-bond donors (Lipinski definition) is 1. The van der Waals surface area contributed by atoms with Gasteiger partial charge < -0.3 is 14.4 Å². The third-order valence-electron chi connectivity index (χ3n) is 7.81. The van der Waals surface area contributed by atoms with Crippen molar-refractivity contribution in [2.24, 2.45) is 5.14 Å². The highest BCUT2D eigenvalue weighted by atomic mass is 32.2. The number of fused-ring (bicyclic) bond motifs is 2. The van der Waals surface area contributed by atoms with Crippen LogP contribution in [0, 0.1) is 5.82 Å². The van der Waals surface area contributed by atoms with Gasteiger partial charge >= 0.3 is 0 Å². The third kappa shape index (κ3) is 4.69. The molecule has 0 bridgehead atoms. The summed E-state index contributed by atoms with van der Waals surface area (Å²) in [6, 6.07) is 9.11. The molecule has 2 aliphatic rings. The van der Waals surface area contributed by atoms with Gasteiger partial charge in [-0.3, -0.25) is 9.59 Å². The molecule has 2 aromatic carbocycles. The first kappa shape index (κ1) is 26.9. The summed E-state index contributed by atoms with van der Waals surface area (Å²) in [7, 11) is -1.78. The molecule has 11 nitrogen and oxygen atoms in total. The number of piperazine rings is 1. The zero-order chi connectivity index (χ0) is 29.3. The molecule has 1 saturated carbocycles. The van der Waals surface area contributed by atoms with Gasteiger partial charge in [-0.1, -0.05) is 23.5 Å². The van der Waals surface area contributed by atoms with Gasteiger partial charge in [-0.15, -0.1) is 5.10 Å². The van der Waals surface area contributed by atoms with E-state index in [1.807, 2.05) is 16.5 Å². The largest absolute Gasteiger partial charge is 0.367 e. The lowest BCUT2D eigenvalue weighted by Crippen LogP contribution is -2.44. The van der Waals surface area contributed by atoms with Crippen LogP contribution in [-0.4, -0.2) is 65.7 Å². The fourth-order valence-corrected chi connectivity index (χ4v) is 6.74. The Morgan fingerprint density at radius 3 is 2.43 bits per heavy atom. The molecule has 42 heavy (non-hydrogen) atoms. The van der Waals surface area contributed by atoms with Gasteiger partial charge in [0.05, 0.1) is 26.2 Å². The quantitative estimate of drug-likeness (QED) is 0.318. The lowest BCUT2D eigenvalue weighted by molar-refractivity contribution is 0.312. The number of hydrogen-bond acceptors (Lipinski definition) is 9. The summed E-state index contributed by atoms with van der Waals surface area (Å²) < 4.78 is 41.9. The third-order valence-corrected chi connectivity index (χ3v) is 9.70. The molecule has 1 aliphatic carbocycles. The number of aromatic nitrogens is 4. The lowest BCUT2D eigenvalue weighted by Gasteiger charge is -2.34. The molecule has 1 aliphatic heterocycles. The van der Waals surface area contributed by atoms with Crippen LogP contribution in [0.4, 0.5) is 10.1 Å². The molecule has 14 heteroatoms. The first-order valence-corrected chi connectivity index (χ1v) is 15.8. The normalized spacial score (nSPS) is 17.1. The Kier molecular flexibility index (Phi) is 6.27. The zero-order valence-electron chi connectivity index (χ0n) is 22.5. The van der Waals surface area contributed by atoms with E-state index in [-0.39, 0.29) is 27.7 Å². The number of likely N-dealkylation sites (N-methyl/N-ethyl adjacent to an activating group) is 1. The minimum atomic E-state index is -3.83. The van der Waals surface area contributed by atoms with E-state index < -0.39 is 26.8 Å². The van der Waals surface area contributed by atoms with Gasteiger partial charge in [0.1, 0.15) is 5.82 Å². The fraction of sp³-hybridized carbons (Fsp3) is 0.286. The summed E-state index contributed by atoms with van der Waals surface area (Å²) in [4.78, 5) is 35.8. The highest BCUT2D eigenvalue weighted by Gasteiger charge is 2.28. The number of benzene rings is 2. The molecule has 4 heterocycles. The van der Waals surface area contributed by atoms with E-state index in [2.05, 4.69) is 15.0 Å². The Morgan fingerprint density at radius 2 is 1.79 bits per heavy atom. The van der Waals surface area contributed by atoms with Gasteiger partial charge in [-0.2, -0.15) is 9.50 Å². The number of nitrogens with zero attached hydrogens (tertiary/aromatic N) is 6. The number of nitrogens with two attached hydrogens (primary N) is 1. The van der Waals surface area contributed by atoms with Gasteiger partial charge in [-0.25, -0.2) is 17.9 Å². The van der Waals surface area contributed by atoms with Crippen molar-refractivity contribution in [3.8, 4) is 11.4 Å². The summed E-state index contributed by atoms with van der Waals surface area (Å²) in [5, 5.41) is 9.78. The van der Waals surface area contributed by atoms with Gasteiger partial charge in [0.25, 0.3) is 5.56 Å². The smallest absolute Gasteiger partial charge is 0.291 e. The second-order valence-corrected chi connectivity index (χ2v) is 13.4. The van der Waals surface area contributed by atoms with Crippen LogP contribution in [0.2, 0.25) is 0 Å². The predicted octanol–water partition coefficient (Wildman–Crippen LogP) is 1.55. The highest BCUT2D eigenvalue weighted by molar-refractivity contribution is 7.89. The molecule has 2 fully saturated rings. The number of pyridine rings is 1. The molecule has 1 saturated heterocycles. The van der Waals surface area contributed by atoms with E-state index in [1.54, 1.807) is 30.5 Å². The maximum atomic E-state index is 15.4.